The number of sulfonamides is 1. The molecule has 1 aliphatic heterocycles. The van der Waals surface area contributed by atoms with Crippen LogP contribution in [0.3, 0.4) is 0 Å². The van der Waals surface area contributed by atoms with Crippen LogP contribution in [0.5, 0.6) is 5.88 Å². The zero-order chi connectivity index (χ0) is 16.4. The Morgan fingerprint density at radius 3 is 2.65 bits per heavy atom. The van der Waals surface area contributed by atoms with E-state index in [4.69, 9.17) is 4.74 Å². The van der Waals surface area contributed by atoms with Gasteiger partial charge in [-0.1, -0.05) is 18.2 Å². The summed E-state index contributed by atoms with van der Waals surface area (Å²) < 4.78 is 31.0. The highest BCUT2D eigenvalue weighted by Gasteiger charge is 2.25. The molecular formula is C17H18N2O3S. The highest BCUT2D eigenvalue weighted by molar-refractivity contribution is 7.92. The Balaban J connectivity index is 2.02. The summed E-state index contributed by atoms with van der Waals surface area (Å²) in [6.45, 7) is 2.76. The van der Waals surface area contributed by atoms with Gasteiger partial charge in [0.05, 0.1) is 25.1 Å². The van der Waals surface area contributed by atoms with Crippen molar-refractivity contribution in [3.63, 3.8) is 0 Å². The molecular weight excluding hydrogens is 312 g/mol. The van der Waals surface area contributed by atoms with Crippen molar-refractivity contribution in [1.82, 2.24) is 4.98 Å². The first-order chi connectivity index (χ1) is 11.0. The number of aromatic nitrogens is 1. The van der Waals surface area contributed by atoms with Crippen LogP contribution in [0.2, 0.25) is 0 Å². The minimum atomic E-state index is -3.35. The Morgan fingerprint density at radius 2 is 2.00 bits per heavy atom. The summed E-state index contributed by atoms with van der Waals surface area (Å²) >= 11 is 0. The van der Waals surface area contributed by atoms with Crippen LogP contribution in [0.15, 0.2) is 42.6 Å². The molecule has 0 unspecified atom stereocenters. The first-order valence-electron chi connectivity index (χ1n) is 7.35. The van der Waals surface area contributed by atoms with Crippen LogP contribution in [0.4, 0.5) is 5.69 Å². The highest BCUT2D eigenvalue weighted by atomic mass is 32.2. The van der Waals surface area contributed by atoms with Crippen LogP contribution in [-0.4, -0.2) is 32.8 Å². The van der Waals surface area contributed by atoms with Gasteiger partial charge in [0, 0.05) is 12.3 Å². The van der Waals surface area contributed by atoms with Crippen LogP contribution < -0.4 is 9.04 Å². The summed E-state index contributed by atoms with van der Waals surface area (Å²) in [7, 11) is -3.35. The first kappa shape index (κ1) is 15.6. The second-order valence-corrected chi connectivity index (χ2v) is 7.22. The molecule has 0 atom stereocenters. The molecule has 1 aromatic heterocycles. The van der Waals surface area contributed by atoms with Crippen molar-refractivity contribution in [2.45, 2.75) is 6.92 Å². The lowest BCUT2D eigenvalue weighted by molar-refractivity contribution is 0.327. The third-order valence-corrected chi connectivity index (χ3v) is 4.78. The molecule has 0 saturated carbocycles. The lowest BCUT2D eigenvalue weighted by Gasteiger charge is -2.29. The number of hydrogen-bond acceptors (Lipinski definition) is 4. The maximum Gasteiger partial charge on any atom is 0.232 e. The van der Waals surface area contributed by atoms with E-state index < -0.39 is 10.0 Å². The molecule has 0 fully saturated rings. The number of fused-ring (bicyclic) bond motifs is 1. The van der Waals surface area contributed by atoms with Crippen molar-refractivity contribution in [2.75, 3.05) is 23.7 Å². The average molecular weight is 330 g/mol. The fourth-order valence-electron chi connectivity index (χ4n) is 2.58. The van der Waals surface area contributed by atoms with Crippen molar-refractivity contribution in [3.8, 4) is 5.88 Å². The molecule has 1 aromatic carbocycles. The highest BCUT2D eigenvalue weighted by Crippen LogP contribution is 2.34. The summed E-state index contributed by atoms with van der Waals surface area (Å²) in [5, 5.41) is 0. The first-order valence-corrected chi connectivity index (χ1v) is 9.20. The Kier molecular flexibility index (Phi) is 4.09. The van der Waals surface area contributed by atoms with Gasteiger partial charge < -0.3 is 4.74 Å². The van der Waals surface area contributed by atoms with Gasteiger partial charge in [-0.15, -0.1) is 0 Å². The molecule has 6 heteroatoms. The Bertz CT molecular complexity index is 842. The summed E-state index contributed by atoms with van der Waals surface area (Å²) in [5.41, 5.74) is 3.38. The van der Waals surface area contributed by atoms with Crippen LogP contribution >= 0.6 is 0 Å². The quantitative estimate of drug-likeness (QED) is 0.865. The van der Waals surface area contributed by atoms with Gasteiger partial charge in [0.1, 0.15) is 0 Å². The normalized spacial score (nSPS) is 14.2. The molecule has 0 saturated heterocycles. The van der Waals surface area contributed by atoms with E-state index >= 15 is 0 Å². The molecule has 0 bridgehead atoms. The third kappa shape index (κ3) is 3.22. The van der Waals surface area contributed by atoms with Crippen molar-refractivity contribution >= 4 is 27.4 Å². The van der Waals surface area contributed by atoms with Gasteiger partial charge in [0.15, 0.2) is 0 Å². The molecule has 1 aliphatic rings. The number of nitrogens with zero attached hydrogens (tertiary/aromatic N) is 2. The summed E-state index contributed by atoms with van der Waals surface area (Å²) in [6.07, 6.45) is 4.95. The number of rotatable bonds is 4. The van der Waals surface area contributed by atoms with E-state index in [1.807, 2.05) is 43.3 Å². The van der Waals surface area contributed by atoms with Crippen molar-refractivity contribution < 1.29 is 13.2 Å². The lowest BCUT2D eigenvalue weighted by Crippen LogP contribution is -2.33. The van der Waals surface area contributed by atoms with Crippen molar-refractivity contribution in [3.05, 3.63) is 53.7 Å². The average Bonchev–Trinajstić information content (AvgIpc) is 2.54. The summed E-state index contributed by atoms with van der Waals surface area (Å²) in [4.78, 5) is 4.26. The van der Waals surface area contributed by atoms with Gasteiger partial charge in [0.25, 0.3) is 0 Å². The predicted molar refractivity (Wildman–Crippen MR) is 91.9 cm³/mol. The molecule has 5 nitrogen and oxygen atoms in total. The fraction of sp³-hybridized carbons (Fsp3) is 0.235. The smallest absolute Gasteiger partial charge is 0.232 e. The Morgan fingerprint density at radius 1 is 1.22 bits per heavy atom. The summed E-state index contributed by atoms with van der Waals surface area (Å²) in [5.74, 6) is 0.563. The van der Waals surface area contributed by atoms with E-state index in [-0.39, 0.29) is 0 Å². The molecule has 23 heavy (non-hydrogen) atoms. The maximum absolute atomic E-state index is 12.1. The van der Waals surface area contributed by atoms with E-state index in [9.17, 15) is 8.42 Å². The zero-order valence-corrected chi connectivity index (χ0v) is 13.9. The number of hydrogen-bond donors (Lipinski definition) is 0. The number of pyridine rings is 1. The monoisotopic (exact) mass is 330 g/mol. The number of anilines is 1. The number of benzene rings is 1. The topological polar surface area (TPSA) is 59.5 Å². The largest absolute Gasteiger partial charge is 0.478 e. The van der Waals surface area contributed by atoms with Crippen molar-refractivity contribution in [1.29, 1.82) is 0 Å². The van der Waals surface area contributed by atoms with Gasteiger partial charge >= 0.3 is 0 Å². The Hall–Kier alpha value is -2.34. The van der Waals surface area contributed by atoms with Gasteiger partial charge in [-0.05, 0) is 41.8 Å². The van der Waals surface area contributed by atoms with E-state index in [0.29, 0.717) is 24.7 Å². The molecule has 2 heterocycles. The molecule has 0 aliphatic carbocycles. The molecule has 0 radical (unpaired) electrons. The van der Waals surface area contributed by atoms with Crippen molar-refractivity contribution in [2.24, 2.45) is 0 Å². The van der Waals surface area contributed by atoms with E-state index in [1.54, 1.807) is 12.3 Å². The minimum absolute atomic E-state index is 0.297. The molecule has 0 N–H and O–H groups in total. The van der Waals surface area contributed by atoms with Gasteiger partial charge in [-0.2, -0.15) is 0 Å². The fourth-order valence-corrected chi connectivity index (χ4v) is 3.48. The molecule has 3 rings (SSSR count). The van der Waals surface area contributed by atoms with Gasteiger partial charge in [-0.25, -0.2) is 13.4 Å². The predicted octanol–water partition coefficient (Wildman–Crippen LogP) is 2.80. The lowest BCUT2D eigenvalue weighted by atomic mass is 10.00. The minimum Gasteiger partial charge on any atom is -0.478 e. The van der Waals surface area contributed by atoms with E-state index in [2.05, 4.69) is 4.98 Å². The molecule has 120 valence electrons. The SMILES string of the molecule is CCOc1ccc(C2=Cc3ccccc3N(S(C)(=O)=O)C2)cn1. The molecule has 0 spiro atoms. The maximum atomic E-state index is 12.1. The van der Waals surface area contributed by atoms with Gasteiger partial charge in [0.2, 0.25) is 15.9 Å². The second kappa shape index (κ2) is 6.04. The molecule has 0 amide bonds. The second-order valence-electron chi connectivity index (χ2n) is 5.32. The summed E-state index contributed by atoms with van der Waals surface area (Å²) in [6, 6.07) is 11.2. The molecule has 2 aromatic rings. The number of para-hydroxylation sites is 1. The van der Waals surface area contributed by atoms with Crippen LogP contribution in [-0.2, 0) is 10.0 Å². The van der Waals surface area contributed by atoms with Crippen LogP contribution in [0.25, 0.3) is 11.6 Å². The van der Waals surface area contributed by atoms with E-state index in [0.717, 1.165) is 16.7 Å². The third-order valence-electron chi connectivity index (χ3n) is 3.65. The van der Waals surface area contributed by atoms with E-state index in [1.165, 1.54) is 10.6 Å². The zero-order valence-electron chi connectivity index (χ0n) is 13.1. The van der Waals surface area contributed by atoms with Crippen LogP contribution in [0, 0.1) is 0 Å². The van der Waals surface area contributed by atoms with Crippen LogP contribution in [0.1, 0.15) is 18.1 Å². The standard InChI is InChI=1S/C17H18N2O3S/c1-3-22-17-9-8-14(11-18-17)15-10-13-6-4-5-7-16(13)19(12-15)23(2,20)21/h4-11H,3,12H2,1-2H3. The Labute approximate surface area is 136 Å². The number of ether oxygens (including phenoxy) is 1. The van der Waals surface area contributed by atoms with Gasteiger partial charge in [-0.3, -0.25) is 4.31 Å².